The minimum Gasteiger partial charge on any atom is -0.465 e. The number of amides is 4. The molecule has 4 amide bonds. The minimum absolute atomic E-state index is 0.128. The second kappa shape index (κ2) is 7.70. The highest BCUT2D eigenvalue weighted by molar-refractivity contribution is 6.10. The fourth-order valence-electron chi connectivity index (χ4n) is 3.27. The highest BCUT2D eigenvalue weighted by Gasteiger charge is 2.54. The Kier molecular flexibility index (Phi) is 4.93. The Morgan fingerprint density at radius 2 is 1.70 bits per heavy atom. The van der Waals surface area contributed by atoms with Gasteiger partial charge < -0.3 is 14.6 Å². The summed E-state index contributed by atoms with van der Waals surface area (Å²) in [6.45, 7) is 1.23. The van der Waals surface area contributed by atoms with Crippen LogP contribution in [-0.2, 0) is 15.1 Å². The van der Waals surface area contributed by atoms with Crippen LogP contribution in [0.5, 0.6) is 5.88 Å². The van der Waals surface area contributed by atoms with Crippen LogP contribution in [0.25, 0.3) is 0 Å². The number of nitrogens with one attached hydrogen (secondary N) is 2. The van der Waals surface area contributed by atoms with Crippen LogP contribution >= 0.6 is 0 Å². The molecule has 1 aromatic heterocycles. The second-order valence-corrected chi connectivity index (χ2v) is 6.65. The lowest BCUT2D eigenvalue weighted by molar-refractivity contribution is -0.139. The number of hydrogen-bond donors (Lipinski definition) is 2. The van der Waals surface area contributed by atoms with Gasteiger partial charge in [0.1, 0.15) is 5.76 Å². The second-order valence-electron chi connectivity index (χ2n) is 6.65. The molecule has 0 aliphatic carbocycles. The van der Waals surface area contributed by atoms with Gasteiger partial charge in [-0.25, -0.2) is 4.79 Å². The lowest BCUT2D eigenvalue weighted by Gasteiger charge is -2.27. The maximum atomic E-state index is 13.4. The fraction of sp³-hybridized carbons (Fsp3) is 0.143. The Bertz CT molecular complexity index is 1040. The van der Waals surface area contributed by atoms with Gasteiger partial charge in [0.2, 0.25) is 0 Å². The Morgan fingerprint density at radius 1 is 1.10 bits per heavy atom. The van der Waals surface area contributed by atoms with Crippen LogP contribution in [0, 0.1) is 6.92 Å². The number of aryl methyl sites for hydroxylation is 1. The first-order valence-electron chi connectivity index (χ1n) is 9.14. The smallest absolute Gasteiger partial charge is 0.344 e. The molecule has 0 spiro atoms. The van der Waals surface area contributed by atoms with Gasteiger partial charge in [-0.05, 0) is 23.2 Å². The summed E-state index contributed by atoms with van der Waals surface area (Å²) in [7, 11) is 0. The monoisotopic (exact) mass is 406 g/mol. The minimum atomic E-state index is -1.46. The number of benzene rings is 2. The molecule has 0 saturated carbocycles. The molecule has 9 nitrogen and oxygen atoms in total. The van der Waals surface area contributed by atoms with Crippen molar-refractivity contribution in [2.24, 2.45) is 0 Å². The van der Waals surface area contributed by atoms with Crippen molar-refractivity contribution < 1.29 is 23.6 Å². The van der Waals surface area contributed by atoms with E-state index in [0.29, 0.717) is 21.9 Å². The number of aromatic nitrogens is 1. The Labute approximate surface area is 171 Å². The number of carbonyl (C=O) groups excluding carboxylic acids is 3. The van der Waals surface area contributed by atoms with E-state index in [2.05, 4.69) is 15.9 Å². The van der Waals surface area contributed by atoms with Gasteiger partial charge in [0.15, 0.2) is 12.1 Å². The van der Waals surface area contributed by atoms with Crippen molar-refractivity contribution in [3.8, 4) is 5.88 Å². The molecule has 0 radical (unpaired) electrons. The highest BCUT2D eigenvalue weighted by atomic mass is 16.5. The summed E-state index contributed by atoms with van der Waals surface area (Å²) in [4.78, 5) is 38.4. The number of urea groups is 1. The average Bonchev–Trinajstić information content (AvgIpc) is 3.30. The van der Waals surface area contributed by atoms with Gasteiger partial charge in [-0.15, -0.1) is 0 Å². The third-order valence-electron chi connectivity index (χ3n) is 4.63. The largest absolute Gasteiger partial charge is 0.465 e. The Balaban J connectivity index is 1.58. The first-order valence-corrected chi connectivity index (χ1v) is 9.14. The van der Waals surface area contributed by atoms with Crippen LogP contribution < -0.4 is 15.5 Å². The van der Waals surface area contributed by atoms with E-state index in [1.165, 1.54) is 6.07 Å². The molecule has 1 fully saturated rings. The molecule has 1 saturated heterocycles. The third kappa shape index (κ3) is 3.37. The molecule has 0 unspecified atom stereocenters. The third-order valence-corrected chi connectivity index (χ3v) is 4.63. The van der Waals surface area contributed by atoms with E-state index in [9.17, 15) is 14.4 Å². The summed E-state index contributed by atoms with van der Waals surface area (Å²) in [5.74, 6) is -0.676. The van der Waals surface area contributed by atoms with Crippen LogP contribution in [0.15, 0.2) is 71.3 Å². The Morgan fingerprint density at radius 3 is 2.23 bits per heavy atom. The first-order chi connectivity index (χ1) is 14.5. The predicted molar refractivity (Wildman–Crippen MR) is 104 cm³/mol. The summed E-state index contributed by atoms with van der Waals surface area (Å²) in [5, 5.41) is 7.02. The van der Waals surface area contributed by atoms with E-state index in [0.717, 1.165) is 0 Å². The van der Waals surface area contributed by atoms with Gasteiger partial charge >= 0.3 is 6.03 Å². The van der Waals surface area contributed by atoms with E-state index >= 15 is 0 Å². The number of hydrogen-bond acceptors (Lipinski definition) is 6. The molecular weight excluding hydrogens is 388 g/mol. The summed E-state index contributed by atoms with van der Waals surface area (Å²) in [6, 6.07) is 18.4. The van der Waals surface area contributed by atoms with Crippen molar-refractivity contribution >= 4 is 17.8 Å². The maximum absolute atomic E-state index is 13.4. The fourth-order valence-corrected chi connectivity index (χ4v) is 3.27. The highest BCUT2D eigenvalue weighted by Crippen LogP contribution is 2.35. The van der Waals surface area contributed by atoms with Gasteiger partial charge in [0.05, 0.1) is 0 Å². The van der Waals surface area contributed by atoms with Gasteiger partial charge in [0.25, 0.3) is 17.7 Å². The molecule has 0 bridgehead atoms. The van der Waals surface area contributed by atoms with E-state index in [4.69, 9.17) is 9.26 Å². The zero-order chi connectivity index (χ0) is 21.1. The molecule has 152 valence electrons. The van der Waals surface area contributed by atoms with E-state index in [-0.39, 0.29) is 5.88 Å². The molecule has 9 heteroatoms. The molecule has 4 rings (SSSR count). The van der Waals surface area contributed by atoms with Crippen LogP contribution in [-0.4, -0.2) is 34.6 Å². The zero-order valence-corrected chi connectivity index (χ0v) is 16.0. The Hall–Kier alpha value is -4.14. The molecular formula is C21H18N4O5. The summed E-state index contributed by atoms with van der Waals surface area (Å²) in [6.07, 6.45) is 0. The van der Waals surface area contributed by atoms with Crippen molar-refractivity contribution in [1.29, 1.82) is 0 Å². The number of imide groups is 1. The average molecular weight is 406 g/mol. The van der Waals surface area contributed by atoms with Crippen LogP contribution in [0.4, 0.5) is 4.79 Å². The maximum Gasteiger partial charge on any atom is 0.344 e. The lowest BCUT2D eigenvalue weighted by atomic mass is 9.83. The normalized spacial score (nSPS) is 15.0. The topological polar surface area (TPSA) is 114 Å². The quantitative estimate of drug-likeness (QED) is 0.605. The summed E-state index contributed by atoms with van der Waals surface area (Å²) < 4.78 is 10.1. The molecule has 1 aliphatic heterocycles. The van der Waals surface area contributed by atoms with Crippen molar-refractivity contribution in [1.82, 2.24) is 20.9 Å². The molecule has 2 heterocycles. The summed E-state index contributed by atoms with van der Waals surface area (Å²) in [5.41, 5.74) is 1.98. The van der Waals surface area contributed by atoms with Gasteiger partial charge in [0, 0.05) is 6.07 Å². The standard InChI is InChI=1S/C21H18N4O5/c1-14-12-18(24-30-14)29-13-17(26)23-25-19(27)21(22-20(25)28,15-8-4-2-5-9-15)16-10-6-3-7-11-16/h2-12H,13H2,1H3,(H,22,28)(H,23,26). The number of hydrazine groups is 1. The molecule has 3 aromatic rings. The molecule has 2 N–H and O–H groups in total. The van der Waals surface area contributed by atoms with Crippen LogP contribution in [0.2, 0.25) is 0 Å². The van der Waals surface area contributed by atoms with Gasteiger partial charge in [-0.3, -0.25) is 15.0 Å². The number of carbonyl (C=O) groups is 3. The molecule has 1 aliphatic rings. The van der Waals surface area contributed by atoms with Gasteiger partial charge in [-0.2, -0.15) is 5.01 Å². The molecule has 30 heavy (non-hydrogen) atoms. The molecule has 2 aromatic carbocycles. The SMILES string of the molecule is Cc1cc(OCC(=O)NN2C(=O)NC(c3ccccc3)(c3ccccc3)C2=O)no1. The van der Waals surface area contributed by atoms with Crippen LogP contribution in [0.1, 0.15) is 16.9 Å². The zero-order valence-electron chi connectivity index (χ0n) is 16.0. The van der Waals surface area contributed by atoms with Crippen molar-refractivity contribution in [3.63, 3.8) is 0 Å². The van der Waals surface area contributed by atoms with E-state index < -0.39 is 30.0 Å². The van der Waals surface area contributed by atoms with Crippen molar-refractivity contribution in [2.75, 3.05) is 6.61 Å². The summed E-state index contributed by atoms with van der Waals surface area (Å²) >= 11 is 0. The van der Waals surface area contributed by atoms with Crippen molar-refractivity contribution in [2.45, 2.75) is 12.5 Å². The van der Waals surface area contributed by atoms with E-state index in [1.54, 1.807) is 55.5 Å². The number of nitrogens with zero attached hydrogens (tertiary/aromatic N) is 2. The van der Waals surface area contributed by atoms with Crippen molar-refractivity contribution in [3.05, 3.63) is 83.6 Å². The van der Waals surface area contributed by atoms with Gasteiger partial charge in [-0.1, -0.05) is 60.7 Å². The van der Waals surface area contributed by atoms with E-state index in [1.807, 2.05) is 12.1 Å². The number of ether oxygens (including phenoxy) is 1. The first kappa shape index (κ1) is 19.2. The van der Waals surface area contributed by atoms with Crippen LogP contribution in [0.3, 0.4) is 0 Å². The molecule has 0 atom stereocenters. The predicted octanol–water partition coefficient (Wildman–Crippen LogP) is 1.89. The number of rotatable bonds is 6. The lowest BCUT2D eigenvalue weighted by Crippen LogP contribution is -2.50.